The number of hydrogen-bond acceptors (Lipinski definition) is 7. The Morgan fingerprint density at radius 1 is 1.26 bits per heavy atom. The van der Waals surface area contributed by atoms with Crippen LogP contribution in [0.4, 0.5) is 34.3 Å². The molecule has 0 aromatic carbocycles. The van der Waals surface area contributed by atoms with Crippen molar-refractivity contribution < 1.29 is 27.2 Å². The number of nitrogens with zero attached hydrogens (tertiary/aromatic N) is 5. The first-order valence-corrected chi connectivity index (χ1v) is 13.5. The second-order valence-electron chi connectivity index (χ2n) is 10.3. The molecule has 3 aromatic rings. The molecule has 3 N–H and O–H groups in total. The molecule has 3 heterocycles. The predicted molar refractivity (Wildman–Crippen MR) is 134 cm³/mol. The van der Waals surface area contributed by atoms with Crippen LogP contribution in [-0.4, -0.2) is 48.8 Å². The number of thiophene rings is 1. The smallest absolute Gasteiger partial charge is 0.282 e. The number of halogens is 4. The Bertz CT molecular complexity index is 1430. The molecular formula is C24H26F4N8O2S. The molecule has 208 valence electrons. The van der Waals surface area contributed by atoms with Gasteiger partial charge in [0.2, 0.25) is 11.9 Å². The van der Waals surface area contributed by atoms with Crippen LogP contribution >= 0.6 is 11.3 Å². The number of carbonyl (C=O) groups is 2. The highest BCUT2D eigenvalue weighted by Crippen LogP contribution is 2.50. The van der Waals surface area contributed by atoms with Gasteiger partial charge >= 0.3 is 0 Å². The normalized spacial score (nSPS) is 21.5. The average Bonchev–Trinajstić information content (AvgIpc) is 3.66. The van der Waals surface area contributed by atoms with Crippen LogP contribution in [0.2, 0.25) is 0 Å². The van der Waals surface area contributed by atoms with Crippen LogP contribution < -0.4 is 16.0 Å². The Balaban J connectivity index is 1.26. The molecule has 0 unspecified atom stereocenters. The van der Waals surface area contributed by atoms with Crippen molar-refractivity contribution in [2.75, 3.05) is 17.2 Å². The first-order chi connectivity index (χ1) is 18.6. The number of nitrogens with one attached hydrogen (secondary N) is 3. The molecule has 2 fully saturated rings. The van der Waals surface area contributed by atoms with Crippen molar-refractivity contribution in [3.05, 3.63) is 34.1 Å². The van der Waals surface area contributed by atoms with E-state index in [1.165, 1.54) is 35.5 Å². The Kier molecular flexibility index (Phi) is 6.35. The summed E-state index contributed by atoms with van der Waals surface area (Å²) in [6.07, 6.45) is 2.06. The van der Waals surface area contributed by atoms with Gasteiger partial charge in [-0.25, -0.2) is 17.6 Å². The van der Waals surface area contributed by atoms with Crippen molar-refractivity contribution in [1.82, 2.24) is 29.9 Å². The molecule has 6 rings (SSSR count). The second-order valence-corrected chi connectivity index (χ2v) is 11.4. The predicted octanol–water partition coefficient (Wildman–Crippen LogP) is 4.22. The fourth-order valence-corrected chi connectivity index (χ4v) is 6.15. The number of rotatable bonds is 9. The Labute approximate surface area is 224 Å². The molecule has 39 heavy (non-hydrogen) atoms. The van der Waals surface area contributed by atoms with Gasteiger partial charge in [-0.3, -0.25) is 18.8 Å². The Hall–Kier alpha value is -3.49. The third-order valence-corrected chi connectivity index (χ3v) is 8.63. The summed E-state index contributed by atoms with van der Waals surface area (Å²) in [6, 6.07) is 1.06. The average molecular weight is 567 g/mol. The van der Waals surface area contributed by atoms with Gasteiger partial charge in [0.25, 0.3) is 18.3 Å². The van der Waals surface area contributed by atoms with E-state index in [-0.39, 0.29) is 22.6 Å². The Morgan fingerprint density at radius 3 is 2.69 bits per heavy atom. The van der Waals surface area contributed by atoms with E-state index >= 15 is 0 Å². The fraction of sp³-hybridized carbons (Fsp3) is 0.542. The number of amides is 2. The number of anilines is 3. The van der Waals surface area contributed by atoms with Gasteiger partial charge in [0, 0.05) is 37.0 Å². The molecule has 2 amide bonds. The van der Waals surface area contributed by atoms with E-state index in [1.54, 1.807) is 4.57 Å². The molecule has 0 spiro atoms. The molecular weight excluding hydrogens is 540 g/mol. The molecule has 0 aliphatic heterocycles. The SMILES string of the molecule is Cn1nc(C(F)F)cc1Nc1nncn1[C@H]1CCc2sc(NC(=O)[C@@H]3CC3(F)F)c(C(=O)NCC3CC3)c2C1. The summed E-state index contributed by atoms with van der Waals surface area (Å²) in [5, 5.41) is 20.7. The molecule has 0 radical (unpaired) electrons. The minimum atomic E-state index is -3.01. The zero-order valence-corrected chi connectivity index (χ0v) is 21.7. The Morgan fingerprint density at radius 2 is 2.03 bits per heavy atom. The van der Waals surface area contributed by atoms with E-state index in [2.05, 4.69) is 31.2 Å². The maximum absolute atomic E-state index is 13.5. The van der Waals surface area contributed by atoms with E-state index in [4.69, 9.17) is 0 Å². The van der Waals surface area contributed by atoms with Gasteiger partial charge in [-0.2, -0.15) is 5.10 Å². The van der Waals surface area contributed by atoms with Crippen molar-refractivity contribution in [3.63, 3.8) is 0 Å². The van der Waals surface area contributed by atoms with Crippen LogP contribution in [0.15, 0.2) is 12.4 Å². The number of aromatic nitrogens is 5. The molecule has 0 bridgehead atoms. The number of hydrogen-bond donors (Lipinski definition) is 3. The summed E-state index contributed by atoms with van der Waals surface area (Å²) < 4.78 is 56.3. The zero-order chi connectivity index (χ0) is 27.5. The van der Waals surface area contributed by atoms with Gasteiger partial charge in [0.1, 0.15) is 28.8 Å². The van der Waals surface area contributed by atoms with Gasteiger partial charge in [-0.15, -0.1) is 21.5 Å². The number of aryl methyl sites for hydroxylation is 2. The molecule has 3 aliphatic rings. The van der Waals surface area contributed by atoms with E-state index < -0.39 is 30.6 Å². The van der Waals surface area contributed by atoms with Gasteiger partial charge in [0.15, 0.2) is 0 Å². The highest BCUT2D eigenvalue weighted by Gasteiger charge is 2.61. The maximum Gasteiger partial charge on any atom is 0.282 e. The largest absolute Gasteiger partial charge is 0.352 e. The van der Waals surface area contributed by atoms with Gasteiger partial charge in [0.05, 0.1) is 5.56 Å². The third-order valence-electron chi connectivity index (χ3n) is 7.42. The van der Waals surface area contributed by atoms with E-state index in [9.17, 15) is 27.2 Å². The summed E-state index contributed by atoms with van der Waals surface area (Å²) in [5.41, 5.74) is 0.697. The quantitative estimate of drug-likeness (QED) is 0.334. The van der Waals surface area contributed by atoms with Crippen LogP contribution in [-0.2, 0) is 24.7 Å². The fourth-order valence-electron chi connectivity index (χ4n) is 4.90. The molecule has 3 aromatic heterocycles. The van der Waals surface area contributed by atoms with Gasteiger partial charge in [-0.05, 0) is 43.6 Å². The van der Waals surface area contributed by atoms with Crippen LogP contribution in [0, 0.1) is 11.8 Å². The minimum absolute atomic E-state index is 0.182. The van der Waals surface area contributed by atoms with Gasteiger partial charge in [-0.1, -0.05) is 0 Å². The van der Waals surface area contributed by atoms with Crippen LogP contribution in [0.25, 0.3) is 0 Å². The molecule has 10 nitrogen and oxygen atoms in total. The van der Waals surface area contributed by atoms with Crippen molar-refractivity contribution in [3.8, 4) is 0 Å². The van der Waals surface area contributed by atoms with Crippen molar-refractivity contribution in [1.29, 1.82) is 0 Å². The summed E-state index contributed by atoms with van der Waals surface area (Å²) in [6.45, 7) is 0.520. The lowest BCUT2D eigenvalue weighted by Gasteiger charge is -2.25. The standard InChI is InChI=1S/C24H26F4N8O2S/c1-35-17(7-15(34-35)19(25)26)31-23-33-30-10-36(23)12-4-5-16-13(6-12)18(21(38)29-9-11-2-3-11)22(39-16)32-20(37)14-8-24(14,27)28/h7,10-12,14,19H,2-6,8-9H2,1H3,(H,29,38)(H,31,33)(H,32,37)/t12-,14-/m0/s1. The molecule has 2 saturated carbocycles. The number of fused-ring (bicyclic) bond motifs is 1. The van der Waals surface area contributed by atoms with Crippen molar-refractivity contribution >= 4 is 39.9 Å². The highest BCUT2D eigenvalue weighted by molar-refractivity contribution is 7.17. The summed E-state index contributed by atoms with van der Waals surface area (Å²) in [5.74, 6) is -4.44. The molecule has 2 atom stereocenters. The van der Waals surface area contributed by atoms with Crippen LogP contribution in [0.5, 0.6) is 0 Å². The lowest BCUT2D eigenvalue weighted by atomic mass is 9.91. The lowest BCUT2D eigenvalue weighted by molar-refractivity contribution is -0.119. The van der Waals surface area contributed by atoms with E-state index in [0.717, 1.165) is 23.3 Å². The highest BCUT2D eigenvalue weighted by atomic mass is 32.1. The summed E-state index contributed by atoms with van der Waals surface area (Å²) in [7, 11) is 1.53. The summed E-state index contributed by atoms with van der Waals surface area (Å²) >= 11 is 1.25. The minimum Gasteiger partial charge on any atom is -0.352 e. The van der Waals surface area contributed by atoms with Crippen LogP contribution in [0.3, 0.4) is 0 Å². The van der Waals surface area contributed by atoms with E-state index in [1.807, 2.05) is 0 Å². The second kappa shape index (κ2) is 9.61. The molecule has 3 aliphatic carbocycles. The molecule has 15 heteroatoms. The topological polar surface area (TPSA) is 119 Å². The molecule has 0 saturated heterocycles. The first kappa shape index (κ1) is 25.8. The van der Waals surface area contributed by atoms with Gasteiger partial charge < -0.3 is 16.0 Å². The maximum atomic E-state index is 13.5. The summed E-state index contributed by atoms with van der Waals surface area (Å²) in [4.78, 5) is 26.7. The lowest BCUT2D eigenvalue weighted by Crippen LogP contribution is -2.29. The third kappa shape index (κ3) is 5.11. The zero-order valence-electron chi connectivity index (χ0n) is 20.9. The van der Waals surface area contributed by atoms with Crippen molar-refractivity contribution in [2.45, 2.75) is 56.9 Å². The van der Waals surface area contributed by atoms with Crippen LogP contribution in [0.1, 0.15) is 64.6 Å². The van der Waals surface area contributed by atoms with Crippen molar-refractivity contribution in [2.24, 2.45) is 18.9 Å². The monoisotopic (exact) mass is 566 g/mol. The number of alkyl halides is 4. The number of carbonyl (C=O) groups excluding carboxylic acids is 2. The van der Waals surface area contributed by atoms with E-state index in [0.29, 0.717) is 49.1 Å². The first-order valence-electron chi connectivity index (χ1n) is 12.7.